The second kappa shape index (κ2) is 7.57. The highest BCUT2D eigenvalue weighted by molar-refractivity contribution is 5.79. The molecule has 0 heterocycles. The van der Waals surface area contributed by atoms with Crippen molar-refractivity contribution < 1.29 is 9.90 Å². The Morgan fingerprint density at radius 3 is 2.67 bits per heavy atom. The van der Waals surface area contributed by atoms with Gasteiger partial charge in [0.2, 0.25) is 5.91 Å². The summed E-state index contributed by atoms with van der Waals surface area (Å²) in [5, 5.41) is 12.3. The number of carbonyl (C=O) groups excluding carboxylic acids is 1. The molecule has 4 nitrogen and oxygen atoms in total. The lowest BCUT2D eigenvalue weighted by molar-refractivity contribution is -0.125. The molecule has 1 fully saturated rings. The van der Waals surface area contributed by atoms with Crippen molar-refractivity contribution in [1.82, 2.24) is 5.32 Å². The molecule has 0 aliphatic heterocycles. The Bertz CT molecular complexity index is 449. The summed E-state index contributed by atoms with van der Waals surface area (Å²) in [5.41, 5.74) is 7.16. The number of nitrogens with two attached hydrogens (primary N) is 1. The molecule has 4 atom stereocenters. The van der Waals surface area contributed by atoms with Gasteiger partial charge in [-0.15, -0.1) is 0 Å². The van der Waals surface area contributed by atoms with E-state index in [4.69, 9.17) is 5.73 Å². The molecule has 1 aromatic carbocycles. The first-order chi connectivity index (χ1) is 10.1. The average Bonchev–Trinajstić information content (AvgIpc) is 2.99. The summed E-state index contributed by atoms with van der Waals surface area (Å²) in [4.78, 5) is 12.3. The second-order valence-electron chi connectivity index (χ2n) is 6.10. The van der Waals surface area contributed by atoms with Gasteiger partial charge in [0.1, 0.15) is 0 Å². The summed E-state index contributed by atoms with van der Waals surface area (Å²) in [6, 6.07) is 9.42. The maximum absolute atomic E-state index is 12.3. The topological polar surface area (TPSA) is 75.3 Å². The molecular formula is C17H26N2O2. The minimum atomic E-state index is -0.289. The van der Waals surface area contributed by atoms with Crippen molar-refractivity contribution >= 4 is 5.91 Å². The number of benzene rings is 1. The Hall–Kier alpha value is -1.39. The molecule has 2 rings (SSSR count). The van der Waals surface area contributed by atoms with E-state index in [2.05, 4.69) is 5.32 Å². The fourth-order valence-corrected chi connectivity index (χ4v) is 3.14. The highest BCUT2D eigenvalue weighted by atomic mass is 16.3. The van der Waals surface area contributed by atoms with Gasteiger partial charge in [-0.3, -0.25) is 4.79 Å². The van der Waals surface area contributed by atoms with Gasteiger partial charge in [-0.2, -0.15) is 0 Å². The standard InChI is InChI=1S/C17H26N2O2/c1-12(16(18)13-6-3-2-4-7-13)17(21)19-10-14-8-5-9-15(14)11-20/h2-4,6-7,12,14-16,20H,5,8-11,18H2,1H3,(H,19,21). The van der Waals surface area contributed by atoms with Crippen molar-refractivity contribution in [2.24, 2.45) is 23.5 Å². The van der Waals surface area contributed by atoms with Gasteiger partial charge in [-0.25, -0.2) is 0 Å². The highest BCUT2D eigenvalue weighted by Crippen LogP contribution is 2.30. The van der Waals surface area contributed by atoms with Crippen LogP contribution in [0.3, 0.4) is 0 Å². The SMILES string of the molecule is CC(C(=O)NCC1CCCC1CO)C(N)c1ccccc1. The second-order valence-corrected chi connectivity index (χ2v) is 6.10. The van der Waals surface area contributed by atoms with E-state index in [0.717, 1.165) is 24.8 Å². The summed E-state index contributed by atoms with van der Waals surface area (Å²) in [6.45, 7) is 2.74. The predicted octanol–water partition coefficient (Wildman–Crippen LogP) is 1.85. The van der Waals surface area contributed by atoms with Crippen LogP contribution in [0.1, 0.15) is 37.8 Å². The normalized spacial score (nSPS) is 24.5. The minimum absolute atomic E-state index is 0.00468. The smallest absolute Gasteiger partial charge is 0.224 e. The Labute approximate surface area is 126 Å². The van der Waals surface area contributed by atoms with E-state index < -0.39 is 0 Å². The molecule has 4 N–H and O–H groups in total. The number of rotatable bonds is 6. The highest BCUT2D eigenvalue weighted by Gasteiger charge is 2.28. The van der Waals surface area contributed by atoms with Crippen molar-refractivity contribution in [2.75, 3.05) is 13.2 Å². The molecule has 1 amide bonds. The van der Waals surface area contributed by atoms with Crippen LogP contribution in [0.4, 0.5) is 0 Å². The monoisotopic (exact) mass is 290 g/mol. The van der Waals surface area contributed by atoms with E-state index >= 15 is 0 Å². The van der Waals surface area contributed by atoms with Gasteiger partial charge >= 0.3 is 0 Å². The van der Waals surface area contributed by atoms with Crippen molar-refractivity contribution in [3.8, 4) is 0 Å². The summed E-state index contributed by atoms with van der Waals surface area (Å²) in [7, 11) is 0. The third-order valence-electron chi connectivity index (χ3n) is 4.73. The summed E-state index contributed by atoms with van der Waals surface area (Å²) in [6.07, 6.45) is 3.30. The van der Waals surface area contributed by atoms with Crippen LogP contribution >= 0.6 is 0 Å². The predicted molar refractivity (Wildman–Crippen MR) is 83.5 cm³/mol. The molecule has 0 aromatic heterocycles. The molecule has 1 saturated carbocycles. The van der Waals surface area contributed by atoms with Gasteiger partial charge in [-0.1, -0.05) is 43.7 Å². The van der Waals surface area contributed by atoms with Crippen LogP contribution in [-0.2, 0) is 4.79 Å². The number of carbonyl (C=O) groups is 1. The molecule has 0 saturated heterocycles. The quantitative estimate of drug-likeness (QED) is 0.748. The van der Waals surface area contributed by atoms with Gasteiger partial charge in [0, 0.05) is 19.2 Å². The lowest BCUT2D eigenvalue weighted by Gasteiger charge is -2.22. The minimum Gasteiger partial charge on any atom is -0.396 e. The van der Waals surface area contributed by atoms with E-state index in [0.29, 0.717) is 18.4 Å². The van der Waals surface area contributed by atoms with Gasteiger partial charge in [0.25, 0.3) is 0 Å². The van der Waals surface area contributed by atoms with E-state index in [1.165, 1.54) is 0 Å². The van der Waals surface area contributed by atoms with Crippen LogP contribution in [0.15, 0.2) is 30.3 Å². The fraction of sp³-hybridized carbons (Fsp3) is 0.588. The number of aliphatic hydroxyl groups is 1. The average molecular weight is 290 g/mol. The van der Waals surface area contributed by atoms with Gasteiger partial charge in [0.05, 0.1) is 5.92 Å². The Morgan fingerprint density at radius 2 is 2.00 bits per heavy atom. The lowest BCUT2D eigenvalue weighted by Crippen LogP contribution is -2.38. The van der Waals surface area contributed by atoms with Crippen molar-refractivity contribution in [1.29, 1.82) is 0 Å². The number of hydrogen-bond acceptors (Lipinski definition) is 3. The lowest BCUT2D eigenvalue weighted by atomic mass is 9.93. The number of nitrogens with one attached hydrogen (secondary N) is 1. The molecule has 0 radical (unpaired) electrons. The Balaban J connectivity index is 1.85. The van der Waals surface area contributed by atoms with Crippen molar-refractivity contribution in [3.63, 3.8) is 0 Å². The zero-order valence-electron chi connectivity index (χ0n) is 12.7. The molecule has 1 aliphatic rings. The van der Waals surface area contributed by atoms with E-state index in [1.807, 2.05) is 37.3 Å². The largest absolute Gasteiger partial charge is 0.396 e. The molecular weight excluding hydrogens is 264 g/mol. The van der Waals surface area contributed by atoms with E-state index in [-0.39, 0.29) is 24.5 Å². The molecule has 21 heavy (non-hydrogen) atoms. The summed E-state index contributed by atoms with van der Waals surface area (Å²) >= 11 is 0. The Morgan fingerprint density at radius 1 is 1.33 bits per heavy atom. The van der Waals surface area contributed by atoms with Gasteiger partial charge in [-0.05, 0) is 30.2 Å². The molecule has 4 heteroatoms. The van der Waals surface area contributed by atoms with Crippen molar-refractivity contribution in [2.45, 2.75) is 32.2 Å². The number of hydrogen-bond donors (Lipinski definition) is 3. The van der Waals surface area contributed by atoms with Crippen LogP contribution < -0.4 is 11.1 Å². The third kappa shape index (κ3) is 4.05. The van der Waals surface area contributed by atoms with E-state index in [9.17, 15) is 9.90 Å². The van der Waals surface area contributed by atoms with Gasteiger partial charge < -0.3 is 16.2 Å². The summed E-state index contributed by atoms with van der Waals surface area (Å²) in [5.74, 6) is 0.471. The first-order valence-electron chi connectivity index (χ1n) is 7.82. The summed E-state index contributed by atoms with van der Waals surface area (Å²) < 4.78 is 0. The van der Waals surface area contributed by atoms with Crippen LogP contribution in [0.25, 0.3) is 0 Å². The first-order valence-corrected chi connectivity index (χ1v) is 7.82. The van der Waals surface area contributed by atoms with E-state index in [1.54, 1.807) is 0 Å². The molecule has 1 aromatic rings. The molecule has 0 bridgehead atoms. The molecule has 116 valence electrons. The van der Waals surface area contributed by atoms with Crippen LogP contribution in [-0.4, -0.2) is 24.2 Å². The van der Waals surface area contributed by atoms with Crippen LogP contribution in [0.5, 0.6) is 0 Å². The van der Waals surface area contributed by atoms with Crippen LogP contribution in [0, 0.1) is 17.8 Å². The third-order valence-corrected chi connectivity index (χ3v) is 4.73. The zero-order valence-corrected chi connectivity index (χ0v) is 12.7. The zero-order chi connectivity index (χ0) is 15.2. The Kier molecular flexibility index (Phi) is 5.76. The maximum atomic E-state index is 12.3. The molecule has 1 aliphatic carbocycles. The number of amides is 1. The van der Waals surface area contributed by atoms with Crippen molar-refractivity contribution in [3.05, 3.63) is 35.9 Å². The molecule has 4 unspecified atom stereocenters. The first kappa shape index (κ1) is 16.0. The number of aliphatic hydroxyl groups excluding tert-OH is 1. The van der Waals surface area contributed by atoms with Gasteiger partial charge in [0.15, 0.2) is 0 Å². The molecule has 0 spiro atoms. The van der Waals surface area contributed by atoms with Crippen LogP contribution in [0.2, 0.25) is 0 Å². The fourth-order valence-electron chi connectivity index (χ4n) is 3.14. The maximum Gasteiger partial charge on any atom is 0.224 e.